The van der Waals surface area contributed by atoms with Crippen LogP contribution >= 0.6 is 0 Å². The smallest absolute Gasteiger partial charge is 0.409 e. The van der Waals surface area contributed by atoms with Crippen LogP contribution in [0.15, 0.2) is 0 Å². The molecule has 1 atom stereocenters. The predicted octanol–water partition coefficient (Wildman–Crippen LogP) is 0.847. The summed E-state index contributed by atoms with van der Waals surface area (Å²) in [5.41, 5.74) is -1.15. The van der Waals surface area contributed by atoms with Crippen LogP contribution in [0.2, 0.25) is 0 Å². The van der Waals surface area contributed by atoms with Crippen molar-refractivity contribution in [3.8, 4) is 0 Å². The summed E-state index contributed by atoms with van der Waals surface area (Å²) in [6.07, 6.45) is -0.450. The van der Waals surface area contributed by atoms with Crippen molar-refractivity contribution in [3.63, 3.8) is 0 Å². The van der Waals surface area contributed by atoms with Crippen LogP contribution in [0.4, 0.5) is 4.79 Å². The first-order chi connectivity index (χ1) is 6.81. The first-order valence-electron chi connectivity index (χ1n) is 5.17. The summed E-state index contributed by atoms with van der Waals surface area (Å²) < 4.78 is 10.6. The van der Waals surface area contributed by atoms with Crippen molar-refractivity contribution < 1.29 is 14.3 Å². The maximum Gasteiger partial charge on any atom is 0.409 e. The third-order valence-electron chi connectivity index (χ3n) is 1.93. The fourth-order valence-corrected chi connectivity index (χ4v) is 1.33. The van der Waals surface area contributed by atoms with E-state index in [2.05, 4.69) is 10.6 Å². The highest BCUT2D eigenvalue weighted by Crippen LogP contribution is 2.11. The number of rotatable bonds is 1. The van der Waals surface area contributed by atoms with Crippen molar-refractivity contribution in [3.05, 3.63) is 0 Å². The zero-order valence-electron chi connectivity index (χ0n) is 9.85. The molecular weight excluding hydrogens is 196 g/mol. The van der Waals surface area contributed by atoms with E-state index in [9.17, 15) is 4.79 Å². The van der Waals surface area contributed by atoms with E-state index in [0.717, 1.165) is 6.54 Å². The largest absolute Gasteiger partial charge is 0.444 e. The second-order valence-electron chi connectivity index (χ2n) is 4.88. The maximum atomic E-state index is 11.5. The average molecular weight is 216 g/mol. The molecule has 1 rings (SSSR count). The Morgan fingerprint density at radius 2 is 2.20 bits per heavy atom. The van der Waals surface area contributed by atoms with Crippen molar-refractivity contribution in [1.82, 2.24) is 10.6 Å². The molecule has 0 bridgehead atoms. The molecule has 2 N–H and O–H groups in total. The van der Waals surface area contributed by atoms with Crippen molar-refractivity contribution >= 4 is 6.09 Å². The third kappa shape index (κ3) is 4.48. The Labute approximate surface area is 90.5 Å². The molecule has 88 valence electrons. The van der Waals surface area contributed by atoms with Crippen LogP contribution in [0.1, 0.15) is 27.7 Å². The van der Waals surface area contributed by atoms with Crippen molar-refractivity contribution in [2.24, 2.45) is 0 Å². The Morgan fingerprint density at radius 3 is 2.67 bits per heavy atom. The quantitative estimate of drug-likeness (QED) is 0.682. The van der Waals surface area contributed by atoms with E-state index >= 15 is 0 Å². The third-order valence-corrected chi connectivity index (χ3v) is 1.93. The number of hydrogen-bond acceptors (Lipinski definition) is 4. The number of amides is 1. The van der Waals surface area contributed by atoms with Crippen molar-refractivity contribution in [2.45, 2.75) is 39.0 Å². The Balaban J connectivity index is 2.42. The first-order valence-corrected chi connectivity index (χ1v) is 5.17. The SMILES string of the molecule is CC(C)(C)OC(=O)NC1(C)CNCCO1. The van der Waals surface area contributed by atoms with Crippen LogP contribution in [0, 0.1) is 0 Å². The fraction of sp³-hybridized carbons (Fsp3) is 0.900. The summed E-state index contributed by atoms with van der Waals surface area (Å²) in [4.78, 5) is 11.5. The van der Waals surface area contributed by atoms with Crippen LogP contribution in [0.5, 0.6) is 0 Å². The first kappa shape index (κ1) is 12.3. The van der Waals surface area contributed by atoms with E-state index in [-0.39, 0.29) is 0 Å². The van der Waals surface area contributed by atoms with Gasteiger partial charge in [-0.25, -0.2) is 4.79 Å². The Hall–Kier alpha value is -0.810. The maximum absolute atomic E-state index is 11.5. The summed E-state index contributed by atoms with van der Waals surface area (Å²) in [6, 6.07) is 0. The topological polar surface area (TPSA) is 59.6 Å². The lowest BCUT2D eigenvalue weighted by Crippen LogP contribution is -2.59. The van der Waals surface area contributed by atoms with Gasteiger partial charge in [0.05, 0.1) is 6.61 Å². The average Bonchev–Trinajstić information content (AvgIpc) is 1.99. The van der Waals surface area contributed by atoms with E-state index < -0.39 is 17.4 Å². The molecule has 0 aromatic rings. The standard InChI is InChI=1S/C10H20N2O3/c1-9(2,3)15-8(13)12-10(4)7-11-5-6-14-10/h11H,5-7H2,1-4H3,(H,12,13). The van der Waals surface area contributed by atoms with Gasteiger partial charge >= 0.3 is 6.09 Å². The molecule has 1 fully saturated rings. The molecule has 1 unspecified atom stereocenters. The van der Waals surface area contributed by atoms with Gasteiger partial charge in [0.2, 0.25) is 0 Å². The van der Waals surface area contributed by atoms with Crippen LogP contribution in [-0.2, 0) is 9.47 Å². The lowest BCUT2D eigenvalue weighted by molar-refractivity contribution is -0.0771. The number of carbonyl (C=O) groups is 1. The summed E-state index contributed by atoms with van der Waals surface area (Å²) in [5.74, 6) is 0. The molecule has 0 aliphatic carbocycles. The molecule has 0 saturated carbocycles. The highest BCUT2D eigenvalue weighted by atomic mass is 16.6. The van der Waals surface area contributed by atoms with Crippen LogP contribution in [-0.4, -0.2) is 37.1 Å². The normalized spacial score (nSPS) is 27.2. The van der Waals surface area contributed by atoms with E-state index in [1.165, 1.54) is 0 Å². The van der Waals surface area contributed by atoms with Crippen LogP contribution < -0.4 is 10.6 Å². The highest BCUT2D eigenvalue weighted by Gasteiger charge is 2.31. The highest BCUT2D eigenvalue weighted by molar-refractivity contribution is 5.68. The van der Waals surface area contributed by atoms with Gasteiger partial charge in [0.15, 0.2) is 5.72 Å². The molecular formula is C10H20N2O3. The Bertz CT molecular complexity index is 229. The molecule has 0 aromatic heterocycles. The van der Waals surface area contributed by atoms with Gasteiger partial charge in [-0.05, 0) is 27.7 Å². The summed E-state index contributed by atoms with van der Waals surface area (Å²) in [7, 11) is 0. The zero-order valence-corrected chi connectivity index (χ0v) is 9.85. The van der Waals surface area contributed by atoms with Crippen molar-refractivity contribution in [2.75, 3.05) is 19.7 Å². The number of carbonyl (C=O) groups excluding carboxylic acids is 1. The Kier molecular flexibility index (Phi) is 3.57. The van der Waals surface area contributed by atoms with Gasteiger partial charge in [0.25, 0.3) is 0 Å². The molecule has 1 aliphatic rings. The molecule has 5 heteroatoms. The lowest BCUT2D eigenvalue weighted by atomic mass is 10.2. The monoisotopic (exact) mass is 216 g/mol. The van der Waals surface area contributed by atoms with E-state index in [0.29, 0.717) is 13.2 Å². The molecule has 1 heterocycles. The Morgan fingerprint density at radius 1 is 1.53 bits per heavy atom. The predicted molar refractivity (Wildman–Crippen MR) is 56.6 cm³/mol. The second-order valence-corrected chi connectivity index (χ2v) is 4.88. The minimum atomic E-state index is -0.666. The summed E-state index contributed by atoms with van der Waals surface area (Å²) >= 11 is 0. The molecule has 0 aromatic carbocycles. The number of hydrogen-bond donors (Lipinski definition) is 2. The molecule has 0 radical (unpaired) electrons. The van der Waals surface area contributed by atoms with Gasteiger partial charge < -0.3 is 14.8 Å². The lowest BCUT2D eigenvalue weighted by Gasteiger charge is -2.35. The number of nitrogens with one attached hydrogen (secondary N) is 2. The zero-order chi connectivity index (χ0) is 11.5. The van der Waals surface area contributed by atoms with E-state index in [1.54, 1.807) is 0 Å². The van der Waals surface area contributed by atoms with Gasteiger partial charge in [-0.1, -0.05) is 0 Å². The van der Waals surface area contributed by atoms with Gasteiger partial charge in [-0.3, -0.25) is 5.32 Å². The number of alkyl carbamates (subject to hydrolysis) is 1. The van der Waals surface area contributed by atoms with E-state index in [1.807, 2.05) is 27.7 Å². The molecule has 1 aliphatic heterocycles. The van der Waals surface area contributed by atoms with Crippen molar-refractivity contribution in [1.29, 1.82) is 0 Å². The van der Waals surface area contributed by atoms with Gasteiger partial charge in [-0.15, -0.1) is 0 Å². The molecule has 5 nitrogen and oxygen atoms in total. The molecule has 1 saturated heterocycles. The van der Waals surface area contributed by atoms with Gasteiger partial charge in [0, 0.05) is 13.1 Å². The second kappa shape index (κ2) is 4.37. The fourth-order valence-electron chi connectivity index (χ4n) is 1.33. The van der Waals surface area contributed by atoms with Gasteiger partial charge in [0.1, 0.15) is 5.60 Å². The van der Waals surface area contributed by atoms with Crippen LogP contribution in [0.3, 0.4) is 0 Å². The van der Waals surface area contributed by atoms with E-state index in [4.69, 9.17) is 9.47 Å². The molecule has 15 heavy (non-hydrogen) atoms. The minimum absolute atomic E-state index is 0.450. The number of morpholine rings is 1. The number of ether oxygens (including phenoxy) is 2. The summed E-state index contributed by atoms with van der Waals surface area (Å²) in [5, 5.41) is 5.85. The van der Waals surface area contributed by atoms with Crippen LogP contribution in [0.25, 0.3) is 0 Å². The van der Waals surface area contributed by atoms with Gasteiger partial charge in [-0.2, -0.15) is 0 Å². The summed E-state index contributed by atoms with van der Waals surface area (Å²) in [6.45, 7) is 9.30. The molecule has 0 spiro atoms. The minimum Gasteiger partial charge on any atom is -0.444 e. The molecule has 1 amide bonds.